The quantitative estimate of drug-likeness (QED) is 0.713. The number of thioether (sulfide) groups is 1. The Morgan fingerprint density at radius 1 is 1.32 bits per heavy atom. The Morgan fingerprint density at radius 3 is 2.84 bits per heavy atom. The molecule has 2 aromatic heterocycles. The van der Waals surface area contributed by atoms with Crippen LogP contribution in [0.2, 0.25) is 0 Å². The third-order valence-corrected chi connectivity index (χ3v) is 7.17. The first-order chi connectivity index (χ1) is 12.2. The maximum absolute atomic E-state index is 12.6. The fourth-order valence-corrected chi connectivity index (χ4v) is 5.54. The molecule has 1 amide bonds. The summed E-state index contributed by atoms with van der Waals surface area (Å²) in [5.74, 6) is 0.231. The maximum atomic E-state index is 12.6. The maximum Gasteiger partial charge on any atom is 0.235 e. The molecule has 1 saturated heterocycles. The largest absolute Gasteiger partial charge is 0.360 e. The summed E-state index contributed by atoms with van der Waals surface area (Å²) >= 11 is 4.82. The van der Waals surface area contributed by atoms with Gasteiger partial charge < -0.3 is 10.2 Å². The molecule has 1 fully saturated rings. The van der Waals surface area contributed by atoms with Crippen LogP contribution in [-0.2, 0) is 11.2 Å². The lowest BCUT2D eigenvalue weighted by molar-refractivity contribution is -0.130. The van der Waals surface area contributed by atoms with Gasteiger partial charge in [-0.1, -0.05) is 42.0 Å². The van der Waals surface area contributed by atoms with Gasteiger partial charge in [0.2, 0.25) is 11.0 Å². The van der Waals surface area contributed by atoms with Crippen LogP contribution in [0.4, 0.5) is 5.13 Å². The Labute approximate surface area is 161 Å². The van der Waals surface area contributed by atoms with Crippen LogP contribution in [0.1, 0.15) is 37.5 Å². The van der Waals surface area contributed by atoms with Crippen LogP contribution in [0.15, 0.2) is 21.9 Å². The van der Waals surface area contributed by atoms with Crippen LogP contribution in [0.5, 0.6) is 0 Å². The van der Waals surface area contributed by atoms with Crippen LogP contribution in [0, 0.1) is 0 Å². The number of likely N-dealkylation sites (tertiary alicyclic amines) is 1. The molecule has 1 aliphatic heterocycles. The molecule has 5 nitrogen and oxygen atoms in total. The van der Waals surface area contributed by atoms with Crippen LogP contribution >= 0.6 is 34.4 Å². The number of rotatable bonds is 7. The predicted octanol–water partition coefficient (Wildman–Crippen LogP) is 4.14. The summed E-state index contributed by atoms with van der Waals surface area (Å²) in [5.41, 5.74) is 0. The highest BCUT2D eigenvalue weighted by Crippen LogP contribution is 2.30. The molecule has 1 N–H and O–H groups in total. The van der Waals surface area contributed by atoms with Crippen molar-refractivity contribution in [2.45, 2.75) is 48.6 Å². The zero-order chi connectivity index (χ0) is 17.5. The van der Waals surface area contributed by atoms with Crippen LogP contribution in [0.25, 0.3) is 0 Å². The van der Waals surface area contributed by atoms with E-state index in [0.29, 0.717) is 0 Å². The van der Waals surface area contributed by atoms with E-state index in [-0.39, 0.29) is 11.2 Å². The van der Waals surface area contributed by atoms with E-state index < -0.39 is 0 Å². The topological polar surface area (TPSA) is 58.1 Å². The van der Waals surface area contributed by atoms with Gasteiger partial charge in [-0.15, -0.1) is 21.5 Å². The first kappa shape index (κ1) is 18.7. The third kappa shape index (κ3) is 5.69. The molecule has 25 heavy (non-hydrogen) atoms. The predicted molar refractivity (Wildman–Crippen MR) is 107 cm³/mol. The van der Waals surface area contributed by atoms with Gasteiger partial charge in [-0.3, -0.25) is 4.79 Å². The van der Waals surface area contributed by atoms with Crippen LogP contribution < -0.4 is 5.32 Å². The van der Waals surface area contributed by atoms with Crippen molar-refractivity contribution in [2.75, 3.05) is 25.0 Å². The Morgan fingerprint density at radius 2 is 2.12 bits per heavy atom. The summed E-state index contributed by atoms with van der Waals surface area (Å²) < 4.78 is 0.856. The van der Waals surface area contributed by atoms with E-state index in [0.717, 1.165) is 48.4 Å². The van der Waals surface area contributed by atoms with Gasteiger partial charge >= 0.3 is 0 Å². The molecule has 0 spiro atoms. The van der Waals surface area contributed by atoms with Gasteiger partial charge in [0.1, 0.15) is 0 Å². The fraction of sp³-hybridized carbons (Fsp3) is 0.588. The second-order valence-corrected chi connectivity index (χ2v) is 9.73. The lowest BCUT2D eigenvalue weighted by Gasteiger charge is -2.23. The Hall–Kier alpha value is -1.12. The van der Waals surface area contributed by atoms with Crippen molar-refractivity contribution < 1.29 is 4.79 Å². The molecule has 0 saturated carbocycles. The molecule has 0 radical (unpaired) electrons. The van der Waals surface area contributed by atoms with Crippen LogP contribution in [-0.4, -0.2) is 45.9 Å². The summed E-state index contributed by atoms with van der Waals surface area (Å²) in [7, 11) is 0. The summed E-state index contributed by atoms with van der Waals surface area (Å²) in [5, 5.41) is 14.5. The number of amides is 1. The Balaban J connectivity index is 1.45. The van der Waals surface area contributed by atoms with Crippen molar-refractivity contribution in [1.82, 2.24) is 15.1 Å². The normalized spacial score (nSPS) is 16.4. The number of hydrogen-bond acceptors (Lipinski definition) is 7. The van der Waals surface area contributed by atoms with E-state index in [2.05, 4.69) is 33.0 Å². The molecule has 8 heteroatoms. The zero-order valence-corrected chi connectivity index (χ0v) is 16.9. The average molecular weight is 397 g/mol. The summed E-state index contributed by atoms with van der Waals surface area (Å²) in [4.78, 5) is 16.0. The molecule has 0 aliphatic carbocycles. The van der Waals surface area contributed by atoms with Gasteiger partial charge in [0.25, 0.3) is 0 Å². The number of hydrogen-bond donors (Lipinski definition) is 1. The van der Waals surface area contributed by atoms with E-state index >= 15 is 0 Å². The number of carbonyl (C=O) groups excluding carboxylic acids is 1. The van der Waals surface area contributed by atoms with E-state index in [1.165, 1.54) is 40.8 Å². The van der Waals surface area contributed by atoms with Gasteiger partial charge in [-0.05, 0) is 37.6 Å². The van der Waals surface area contributed by atoms with Crippen molar-refractivity contribution in [3.63, 3.8) is 0 Å². The van der Waals surface area contributed by atoms with Gasteiger partial charge in [0.15, 0.2) is 4.34 Å². The van der Waals surface area contributed by atoms with Crippen molar-refractivity contribution in [3.8, 4) is 0 Å². The molecule has 1 aliphatic rings. The molecule has 2 aromatic rings. The molecule has 3 heterocycles. The standard InChI is InChI=1S/C17H24N4OS3/c1-13(15(22)21-10-4-2-3-5-11-21)24-17-20-19-16(25-17)18-9-8-14-7-6-12-23-14/h6-7,12-13H,2-5,8-11H2,1H3,(H,18,19). The van der Waals surface area contributed by atoms with E-state index in [4.69, 9.17) is 0 Å². The van der Waals surface area contributed by atoms with Crippen molar-refractivity contribution in [2.24, 2.45) is 0 Å². The smallest absolute Gasteiger partial charge is 0.235 e. The molecular weight excluding hydrogens is 372 g/mol. The number of carbonyl (C=O) groups is 1. The number of aromatic nitrogens is 2. The third-order valence-electron chi connectivity index (χ3n) is 4.18. The van der Waals surface area contributed by atoms with E-state index in [1.807, 2.05) is 11.8 Å². The first-order valence-electron chi connectivity index (χ1n) is 8.77. The van der Waals surface area contributed by atoms with E-state index in [9.17, 15) is 4.79 Å². The number of thiophene rings is 1. The fourth-order valence-electron chi connectivity index (χ4n) is 2.83. The average Bonchev–Trinajstić information content (AvgIpc) is 3.20. The second-order valence-electron chi connectivity index (χ2n) is 6.13. The Bertz CT molecular complexity index is 651. The van der Waals surface area contributed by atoms with Gasteiger partial charge in [0.05, 0.1) is 5.25 Å². The SMILES string of the molecule is CC(Sc1nnc(NCCc2cccs2)s1)C(=O)N1CCCCCC1. The number of anilines is 1. The summed E-state index contributed by atoms with van der Waals surface area (Å²) in [6.07, 6.45) is 5.72. The lowest BCUT2D eigenvalue weighted by atomic mass is 10.2. The van der Waals surface area contributed by atoms with Gasteiger partial charge in [-0.2, -0.15) is 0 Å². The number of nitrogens with zero attached hydrogens (tertiary/aromatic N) is 3. The zero-order valence-electron chi connectivity index (χ0n) is 14.4. The molecule has 0 bridgehead atoms. The molecule has 1 unspecified atom stereocenters. The number of nitrogens with one attached hydrogen (secondary N) is 1. The highest BCUT2D eigenvalue weighted by molar-refractivity contribution is 8.02. The minimum absolute atomic E-state index is 0.106. The van der Waals surface area contributed by atoms with Crippen molar-refractivity contribution >= 4 is 45.5 Å². The van der Waals surface area contributed by atoms with E-state index in [1.54, 1.807) is 11.3 Å². The molecular formula is C17H24N4OS3. The highest BCUT2D eigenvalue weighted by atomic mass is 32.2. The Kier molecular flexibility index (Phi) is 7.12. The second kappa shape index (κ2) is 9.54. The summed E-state index contributed by atoms with van der Waals surface area (Å²) in [6.45, 7) is 4.62. The van der Waals surface area contributed by atoms with Crippen molar-refractivity contribution in [3.05, 3.63) is 22.4 Å². The van der Waals surface area contributed by atoms with Crippen LogP contribution in [0.3, 0.4) is 0 Å². The van der Waals surface area contributed by atoms with Gasteiger partial charge in [-0.25, -0.2) is 0 Å². The molecule has 3 rings (SSSR count). The molecule has 0 aromatic carbocycles. The summed E-state index contributed by atoms with van der Waals surface area (Å²) in [6, 6.07) is 4.21. The minimum atomic E-state index is -0.106. The lowest BCUT2D eigenvalue weighted by Crippen LogP contribution is -2.37. The molecule has 136 valence electrons. The monoisotopic (exact) mass is 396 g/mol. The first-order valence-corrected chi connectivity index (χ1v) is 11.3. The highest BCUT2D eigenvalue weighted by Gasteiger charge is 2.23. The van der Waals surface area contributed by atoms with Gasteiger partial charge in [0, 0.05) is 24.5 Å². The molecule has 1 atom stereocenters. The minimum Gasteiger partial charge on any atom is -0.360 e. The van der Waals surface area contributed by atoms with Crippen molar-refractivity contribution in [1.29, 1.82) is 0 Å².